The van der Waals surface area contributed by atoms with Gasteiger partial charge in [-0.1, -0.05) is 29.5 Å². The van der Waals surface area contributed by atoms with Crippen LogP contribution >= 0.6 is 0 Å². The Labute approximate surface area is 146 Å². The van der Waals surface area contributed by atoms with Crippen molar-refractivity contribution in [1.82, 2.24) is 19.9 Å². The van der Waals surface area contributed by atoms with E-state index in [1.165, 1.54) is 11.1 Å². The van der Waals surface area contributed by atoms with Gasteiger partial charge in [-0.05, 0) is 48.6 Å². The molecular formula is C19H21N5O. The number of carbonyl (C=O) groups is 1. The SMILES string of the molecule is CN(C(=O)Nc1ccc2c(c1)nnn2C)C1CCCc2ccccc21. The summed E-state index contributed by atoms with van der Waals surface area (Å²) in [6, 6.07) is 14.1. The lowest BCUT2D eigenvalue weighted by Gasteiger charge is -2.33. The van der Waals surface area contributed by atoms with Crippen molar-refractivity contribution in [2.45, 2.75) is 25.3 Å². The van der Waals surface area contributed by atoms with E-state index in [2.05, 4.69) is 33.8 Å². The van der Waals surface area contributed by atoms with E-state index in [9.17, 15) is 4.79 Å². The summed E-state index contributed by atoms with van der Waals surface area (Å²) >= 11 is 0. The van der Waals surface area contributed by atoms with E-state index in [1.807, 2.05) is 38.4 Å². The van der Waals surface area contributed by atoms with Crippen molar-refractivity contribution < 1.29 is 4.79 Å². The van der Waals surface area contributed by atoms with Gasteiger partial charge in [-0.25, -0.2) is 9.48 Å². The number of carbonyl (C=O) groups excluding carboxylic acids is 1. The third-order valence-corrected chi connectivity index (χ3v) is 4.99. The van der Waals surface area contributed by atoms with E-state index in [0.717, 1.165) is 36.0 Å². The van der Waals surface area contributed by atoms with Gasteiger partial charge >= 0.3 is 6.03 Å². The first-order valence-corrected chi connectivity index (χ1v) is 8.54. The number of hydrogen-bond donors (Lipinski definition) is 1. The first kappa shape index (κ1) is 15.6. The predicted octanol–water partition coefficient (Wildman–Crippen LogP) is 3.51. The maximum absolute atomic E-state index is 12.7. The Morgan fingerprint density at radius 1 is 1.28 bits per heavy atom. The van der Waals surface area contributed by atoms with Crippen LogP contribution in [-0.2, 0) is 13.5 Å². The summed E-state index contributed by atoms with van der Waals surface area (Å²) in [5.41, 5.74) is 5.04. The molecule has 6 nitrogen and oxygen atoms in total. The number of amides is 2. The van der Waals surface area contributed by atoms with Gasteiger partial charge in [0.15, 0.2) is 0 Å². The molecule has 6 heteroatoms. The number of urea groups is 1. The Morgan fingerprint density at radius 3 is 3.00 bits per heavy atom. The molecule has 0 bridgehead atoms. The third kappa shape index (κ3) is 2.84. The van der Waals surface area contributed by atoms with Crippen LogP contribution in [0.2, 0.25) is 0 Å². The van der Waals surface area contributed by atoms with Gasteiger partial charge in [0.2, 0.25) is 0 Å². The van der Waals surface area contributed by atoms with Crippen molar-refractivity contribution in [3.8, 4) is 0 Å². The van der Waals surface area contributed by atoms with E-state index in [1.54, 1.807) is 9.58 Å². The molecule has 128 valence electrons. The minimum absolute atomic E-state index is 0.107. The molecule has 0 saturated heterocycles. The van der Waals surface area contributed by atoms with Crippen molar-refractivity contribution in [2.24, 2.45) is 7.05 Å². The van der Waals surface area contributed by atoms with E-state index in [4.69, 9.17) is 0 Å². The maximum atomic E-state index is 12.7. The Bertz CT molecular complexity index is 932. The lowest BCUT2D eigenvalue weighted by Crippen LogP contribution is -2.36. The van der Waals surface area contributed by atoms with Gasteiger partial charge in [0.1, 0.15) is 5.52 Å². The van der Waals surface area contributed by atoms with Crippen LogP contribution in [0.3, 0.4) is 0 Å². The first-order chi connectivity index (χ1) is 12.1. The minimum atomic E-state index is -0.107. The number of benzene rings is 2. The highest BCUT2D eigenvalue weighted by atomic mass is 16.2. The summed E-state index contributed by atoms with van der Waals surface area (Å²) in [6.45, 7) is 0. The molecule has 0 radical (unpaired) electrons. The molecular weight excluding hydrogens is 314 g/mol. The van der Waals surface area contributed by atoms with Crippen molar-refractivity contribution in [1.29, 1.82) is 0 Å². The zero-order valence-corrected chi connectivity index (χ0v) is 14.4. The third-order valence-electron chi connectivity index (χ3n) is 4.99. The van der Waals surface area contributed by atoms with Crippen molar-refractivity contribution in [2.75, 3.05) is 12.4 Å². The molecule has 1 aliphatic carbocycles. The van der Waals surface area contributed by atoms with Gasteiger partial charge in [-0.15, -0.1) is 5.10 Å². The molecule has 4 rings (SSSR count). The van der Waals surface area contributed by atoms with Crippen LogP contribution in [0.25, 0.3) is 11.0 Å². The topological polar surface area (TPSA) is 63.1 Å². The average molecular weight is 335 g/mol. The molecule has 2 aromatic carbocycles. The van der Waals surface area contributed by atoms with Crippen LogP contribution in [0.15, 0.2) is 42.5 Å². The molecule has 0 saturated carbocycles. The first-order valence-electron chi connectivity index (χ1n) is 8.54. The fourth-order valence-corrected chi connectivity index (χ4v) is 3.60. The molecule has 1 atom stereocenters. The maximum Gasteiger partial charge on any atom is 0.322 e. The monoisotopic (exact) mass is 335 g/mol. The smallest absolute Gasteiger partial charge is 0.321 e. The number of fused-ring (bicyclic) bond motifs is 2. The van der Waals surface area contributed by atoms with Gasteiger partial charge in [-0.3, -0.25) is 0 Å². The van der Waals surface area contributed by atoms with E-state index in [0.29, 0.717) is 0 Å². The van der Waals surface area contributed by atoms with E-state index in [-0.39, 0.29) is 12.1 Å². The second kappa shape index (κ2) is 6.20. The normalized spacial score (nSPS) is 16.5. The number of rotatable bonds is 2. The number of aromatic nitrogens is 3. The predicted molar refractivity (Wildman–Crippen MR) is 97.4 cm³/mol. The average Bonchev–Trinajstić information content (AvgIpc) is 3.01. The van der Waals surface area contributed by atoms with Crippen LogP contribution in [0.4, 0.5) is 10.5 Å². The van der Waals surface area contributed by atoms with Crippen LogP contribution in [0.1, 0.15) is 30.0 Å². The molecule has 1 heterocycles. The number of anilines is 1. The van der Waals surface area contributed by atoms with E-state index < -0.39 is 0 Å². The Hall–Kier alpha value is -2.89. The number of hydrogen-bond acceptors (Lipinski definition) is 3. The van der Waals surface area contributed by atoms with Gasteiger partial charge < -0.3 is 10.2 Å². The minimum Gasteiger partial charge on any atom is -0.321 e. The summed E-state index contributed by atoms with van der Waals surface area (Å²) in [7, 11) is 3.71. The van der Waals surface area contributed by atoms with Crippen molar-refractivity contribution >= 4 is 22.8 Å². The highest BCUT2D eigenvalue weighted by molar-refractivity contribution is 5.92. The number of nitrogens with zero attached hydrogens (tertiary/aromatic N) is 4. The summed E-state index contributed by atoms with van der Waals surface area (Å²) in [4.78, 5) is 14.5. The largest absolute Gasteiger partial charge is 0.322 e. The van der Waals surface area contributed by atoms with Gasteiger partial charge in [0, 0.05) is 19.8 Å². The van der Waals surface area contributed by atoms with Crippen LogP contribution in [-0.4, -0.2) is 33.0 Å². The van der Waals surface area contributed by atoms with E-state index >= 15 is 0 Å². The number of nitrogens with one attached hydrogen (secondary N) is 1. The Kier molecular flexibility index (Phi) is 3.87. The fraction of sp³-hybridized carbons (Fsp3) is 0.316. The summed E-state index contributed by atoms with van der Waals surface area (Å²) in [5, 5.41) is 11.1. The molecule has 0 spiro atoms. The molecule has 1 aliphatic rings. The molecule has 0 fully saturated rings. The molecule has 1 unspecified atom stereocenters. The molecule has 25 heavy (non-hydrogen) atoms. The standard InChI is InChI=1S/C19H21N5O/c1-23(17-9-5-7-13-6-3-4-8-15(13)17)19(25)20-14-10-11-18-16(12-14)21-22-24(18)2/h3-4,6,8,10-12,17H,5,7,9H2,1-2H3,(H,20,25). The van der Waals surface area contributed by atoms with Crippen LogP contribution < -0.4 is 5.32 Å². The molecule has 1 aromatic heterocycles. The summed E-state index contributed by atoms with van der Waals surface area (Å²) < 4.78 is 1.71. The van der Waals surface area contributed by atoms with Crippen LogP contribution in [0, 0.1) is 0 Å². The fourth-order valence-electron chi connectivity index (χ4n) is 3.60. The van der Waals surface area contributed by atoms with Gasteiger partial charge in [0.25, 0.3) is 0 Å². The Morgan fingerprint density at radius 2 is 2.12 bits per heavy atom. The molecule has 2 amide bonds. The highest BCUT2D eigenvalue weighted by Crippen LogP contribution is 2.33. The quantitative estimate of drug-likeness (QED) is 0.779. The van der Waals surface area contributed by atoms with Gasteiger partial charge in [-0.2, -0.15) is 0 Å². The second-order valence-corrected chi connectivity index (χ2v) is 6.56. The van der Waals surface area contributed by atoms with Crippen LogP contribution in [0.5, 0.6) is 0 Å². The lowest BCUT2D eigenvalue weighted by atomic mass is 9.87. The van der Waals surface area contributed by atoms with Gasteiger partial charge in [0.05, 0.1) is 11.6 Å². The molecule has 1 N–H and O–H groups in total. The lowest BCUT2D eigenvalue weighted by molar-refractivity contribution is 0.197. The van der Waals surface area contributed by atoms with Crippen molar-refractivity contribution in [3.63, 3.8) is 0 Å². The number of aryl methyl sites for hydroxylation is 2. The van der Waals surface area contributed by atoms with Crippen molar-refractivity contribution in [3.05, 3.63) is 53.6 Å². The molecule has 3 aromatic rings. The highest BCUT2D eigenvalue weighted by Gasteiger charge is 2.26. The summed E-state index contributed by atoms with van der Waals surface area (Å²) in [5.74, 6) is 0. The zero-order valence-electron chi connectivity index (χ0n) is 14.4. The summed E-state index contributed by atoms with van der Waals surface area (Å²) in [6.07, 6.45) is 3.18. The Balaban J connectivity index is 1.54. The zero-order chi connectivity index (χ0) is 17.4. The molecule has 0 aliphatic heterocycles. The second-order valence-electron chi connectivity index (χ2n) is 6.56.